The molecule has 2 amide bonds. The van der Waals surface area contributed by atoms with E-state index in [1.807, 2.05) is 12.1 Å². The first-order valence-electron chi connectivity index (χ1n) is 10.5. The number of aromatic nitrogens is 2. The number of carbonyl (C=O) groups is 4. The van der Waals surface area contributed by atoms with Crippen molar-refractivity contribution in [3.05, 3.63) is 102 Å². The Kier molecular flexibility index (Phi) is 10.8. The Bertz CT molecular complexity index is 1200. The summed E-state index contributed by atoms with van der Waals surface area (Å²) in [4.78, 5) is 52.2. The number of amides is 2. The molecule has 0 radical (unpaired) electrons. The summed E-state index contributed by atoms with van der Waals surface area (Å²) < 4.78 is 5.27. The van der Waals surface area contributed by atoms with Crippen LogP contribution < -0.4 is 15.4 Å². The van der Waals surface area contributed by atoms with Gasteiger partial charge in [0.15, 0.2) is 0 Å². The lowest BCUT2D eigenvalue weighted by Crippen LogP contribution is -2.26. The molecule has 4 N–H and O–H groups in total. The number of benzene rings is 1. The van der Waals surface area contributed by atoms with Crippen molar-refractivity contribution in [2.75, 3.05) is 7.11 Å². The van der Waals surface area contributed by atoms with Crippen LogP contribution in [0.15, 0.2) is 79.4 Å². The monoisotopic (exact) mass is 492 g/mol. The van der Waals surface area contributed by atoms with Gasteiger partial charge >= 0.3 is 11.9 Å². The second kappa shape index (κ2) is 14.3. The third-order valence-electron chi connectivity index (χ3n) is 4.43. The fraction of sp³-hybridized carbons (Fsp3) is 0.120. The largest absolute Gasteiger partial charge is 0.496 e. The molecule has 36 heavy (non-hydrogen) atoms. The molecule has 0 spiro atoms. The maximum atomic E-state index is 12.6. The minimum Gasteiger partial charge on any atom is -0.496 e. The van der Waals surface area contributed by atoms with Gasteiger partial charge in [-0.15, -0.1) is 0 Å². The van der Waals surface area contributed by atoms with E-state index in [9.17, 15) is 19.2 Å². The number of hydrogen-bond donors (Lipinski definition) is 4. The Morgan fingerprint density at radius 2 is 1.36 bits per heavy atom. The van der Waals surface area contributed by atoms with E-state index in [1.54, 1.807) is 49.1 Å². The topological polar surface area (TPSA) is 168 Å². The molecular formula is C25H24N4O7. The van der Waals surface area contributed by atoms with E-state index in [0.29, 0.717) is 42.1 Å². The number of methoxy groups -OCH3 is 1. The van der Waals surface area contributed by atoms with E-state index in [2.05, 4.69) is 20.6 Å². The second-order valence-corrected chi connectivity index (χ2v) is 7.01. The van der Waals surface area contributed by atoms with Gasteiger partial charge in [0.25, 0.3) is 11.8 Å². The summed E-state index contributed by atoms with van der Waals surface area (Å²) in [6.07, 6.45) is 7.82. The van der Waals surface area contributed by atoms with Crippen LogP contribution in [-0.2, 0) is 22.7 Å². The van der Waals surface area contributed by atoms with Gasteiger partial charge in [0.2, 0.25) is 0 Å². The quantitative estimate of drug-likeness (QED) is 0.327. The van der Waals surface area contributed by atoms with Gasteiger partial charge in [0, 0.05) is 55.6 Å². The average Bonchev–Trinajstić information content (AvgIpc) is 2.90. The first-order valence-corrected chi connectivity index (χ1v) is 10.5. The molecule has 2 aromatic heterocycles. The predicted octanol–water partition coefficient (Wildman–Crippen LogP) is 2.06. The molecule has 0 bridgehead atoms. The van der Waals surface area contributed by atoms with Gasteiger partial charge in [-0.1, -0.05) is 12.1 Å². The lowest BCUT2D eigenvalue weighted by Gasteiger charge is -2.12. The lowest BCUT2D eigenvalue weighted by atomic mass is 10.1. The zero-order chi connectivity index (χ0) is 26.3. The molecule has 11 heteroatoms. The van der Waals surface area contributed by atoms with Crippen molar-refractivity contribution in [1.29, 1.82) is 0 Å². The molecule has 186 valence electrons. The number of nitrogens with one attached hydrogen (secondary N) is 2. The number of ether oxygens (including phenoxy) is 1. The maximum Gasteiger partial charge on any atom is 0.328 e. The SMILES string of the molecule is COc1ccc(C(=O)NCc2cccnc2)cc1C(=O)NCc1cccnc1.O=C(O)C=CC(=O)O. The van der Waals surface area contributed by atoms with E-state index >= 15 is 0 Å². The van der Waals surface area contributed by atoms with Crippen molar-refractivity contribution < 1.29 is 34.1 Å². The number of carbonyl (C=O) groups excluding carboxylic acids is 2. The molecule has 2 heterocycles. The van der Waals surface area contributed by atoms with Crippen LogP contribution in [0.25, 0.3) is 0 Å². The molecule has 3 rings (SSSR count). The molecule has 0 saturated heterocycles. The highest BCUT2D eigenvalue weighted by molar-refractivity contribution is 6.01. The van der Waals surface area contributed by atoms with Crippen LogP contribution in [0, 0.1) is 0 Å². The number of carboxylic acid groups (broad SMARTS) is 2. The standard InChI is InChI=1S/C21H20N4O3.C4H4O4/c1-28-19-7-6-17(20(26)24-13-15-4-2-8-22-11-15)10-18(19)21(27)25-14-16-5-3-9-23-12-16;5-3(6)1-2-4(7)8/h2-12H,13-14H2,1H3,(H,24,26)(H,25,27);1-2H,(H,5,6)(H,7,8). The number of rotatable bonds is 9. The fourth-order valence-electron chi connectivity index (χ4n) is 2.74. The molecule has 1 aromatic carbocycles. The summed E-state index contributed by atoms with van der Waals surface area (Å²) in [6.45, 7) is 0.675. The molecule has 0 aliphatic heterocycles. The molecule has 3 aromatic rings. The van der Waals surface area contributed by atoms with Gasteiger partial charge in [-0.3, -0.25) is 19.6 Å². The predicted molar refractivity (Wildman–Crippen MR) is 128 cm³/mol. The first kappa shape index (κ1) is 27.2. The zero-order valence-corrected chi connectivity index (χ0v) is 19.2. The van der Waals surface area contributed by atoms with Crippen LogP contribution >= 0.6 is 0 Å². The maximum absolute atomic E-state index is 12.6. The number of hydrogen-bond acceptors (Lipinski definition) is 7. The molecule has 0 aliphatic carbocycles. The van der Waals surface area contributed by atoms with Crippen LogP contribution in [0.4, 0.5) is 0 Å². The van der Waals surface area contributed by atoms with Crippen molar-refractivity contribution in [3.63, 3.8) is 0 Å². The van der Waals surface area contributed by atoms with Gasteiger partial charge in [-0.05, 0) is 41.5 Å². The van der Waals surface area contributed by atoms with Gasteiger partial charge in [0.1, 0.15) is 5.75 Å². The van der Waals surface area contributed by atoms with E-state index in [0.717, 1.165) is 11.1 Å². The van der Waals surface area contributed by atoms with E-state index in [4.69, 9.17) is 14.9 Å². The molecular weight excluding hydrogens is 468 g/mol. The summed E-state index contributed by atoms with van der Waals surface area (Å²) in [5, 5.41) is 21.3. The summed E-state index contributed by atoms with van der Waals surface area (Å²) in [6, 6.07) is 12.1. The molecule has 0 saturated carbocycles. The third-order valence-corrected chi connectivity index (χ3v) is 4.43. The van der Waals surface area contributed by atoms with E-state index in [-0.39, 0.29) is 11.8 Å². The van der Waals surface area contributed by atoms with Gasteiger partial charge in [0.05, 0.1) is 12.7 Å². The van der Waals surface area contributed by atoms with Crippen LogP contribution in [-0.4, -0.2) is 51.0 Å². The van der Waals surface area contributed by atoms with Gasteiger partial charge in [-0.25, -0.2) is 9.59 Å². The molecule has 0 fully saturated rings. The number of nitrogens with zero attached hydrogens (tertiary/aromatic N) is 2. The van der Waals surface area contributed by atoms with Crippen molar-refractivity contribution in [2.45, 2.75) is 13.1 Å². The first-order chi connectivity index (χ1) is 17.3. The van der Waals surface area contributed by atoms with Crippen molar-refractivity contribution >= 4 is 23.8 Å². The Morgan fingerprint density at radius 1 is 0.833 bits per heavy atom. The number of carboxylic acids is 2. The summed E-state index contributed by atoms with van der Waals surface area (Å²) >= 11 is 0. The number of pyridine rings is 2. The molecule has 0 atom stereocenters. The van der Waals surface area contributed by atoms with Crippen LogP contribution in [0.5, 0.6) is 5.75 Å². The van der Waals surface area contributed by atoms with Crippen LogP contribution in [0.2, 0.25) is 0 Å². The van der Waals surface area contributed by atoms with Crippen LogP contribution in [0.1, 0.15) is 31.8 Å². The fourth-order valence-corrected chi connectivity index (χ4v) is 2.74. The average molecular weight is 492 g/mol. The summed E-state index contributed by atoms with van der Waals surface area (Å²) in [7, 11) is 1.48. The highest BCUT2D eigenvalue weighted by Crippen LogP contribution is 2.20. The van der Waals surface area contributed by atoms with E-state index < -0.39 is 11.9 Å². The minimum atomic E-state index is -1.26. The highest BCUT2D eigenvalue weighted by atomic mass is 16.5. The Labute approximate surface area is 206 Å². The van der Waals surface area contributed by atoms with Crippen molar-refractivity contribution in [3.8, 4) is 5.75 Å². The van der Waals surface area contributed by atoms with E-state index in [1.165, 1.54) is 13.2 Å². The van der Waals surface area contributed by atoms with Crippen molar-refractivity contribution in [1.82, 2.24) is 20.6 Å². The molecule has 0 aliphatic rings. The van der Waals surface area contributed by atoms with Gasteiger partial charge < -0.3 is 25.6 Å². The molecule has 0 unspecified atom stereocenters. The normalized spacial score (nSPS) is 10.0. The van der Waals surface area contributed by atoms with Gasteiger partial charge in [-0.2, -0.15) is 0 Å². The Balaban J connectivity index is 0.000000493. The Hall–Kier alpha value is -5.06. The van der Waals surface area contributed by atoms with Crippen molar-refractivity contribution in [2.24, 2.45) is 0 Å². The zero-order valence-electron chi connectivity index (χ0n) is 19.2. The third kappa shape index (κ3) is 9.43. The summed E-state index contributed by atoms with van der Waals surface area (Å²) in [5.74, 6) is -2.73. The van der Waals surface area contributed by atoms with Crippen LogP contribution in [0.3, 0.4) is 0 Å². The highest BCUT2D eigenvalue weighted by Gasteiger charge is 2.16. The second-order valence-electron chi connectivity index (χ2n) is 7.01. The molecule has 11 nitrogen and oxygen atoms in total. The smallest absolute Gasteiger partial charge is 0.328 e. The summed E-state index contributed by atoms with van der Waals surface area (Å²) in [5.41, 5.74) is 2.43. The minimum absolute atomic E-state index is 0.284. The number of aliphatic carboxylic acids is 2. The lowest BCUT2D eigenvalue weighted by molar-refractivity contribution is -0.134. The Morgan fingerprint density at radius 3 is 1.81 bits per heavy atom.